The number of rotatable bonds is 3. The lowest BCUT2D eigenvalue weighted by molar-refractivity contribution is 0.446. The Hall–Kier alpha value is -1.54. The smallest absolute Gasteiger partial charge is 0.134 e. The zero-order chi connectivity index (χ0) is 15.6. The monoisotopic (exact) mass is 306 g/mol. The first-order valence-electron chi connectivity index (χ1n) is 6.95. The lowest BCUT2D eigenvalue weighted by Gasteiger charge is -2.23. The molecule has 0 aliphatic heterocycles. The van der Waals surface area contributed by atoms with Crippen LogP contribution in [0.3, 0.4) is 0 Å². The van der Waals surface area contributed by atoms with Crippen LogP contribution in [0.1, 0.15) is 37.5 Å². The molecular formula is C18H20ClFO. The first-order chi connectivity index (χ1) is 9.82. The molecule has 2 rings (SSSR count). The zero-order valence-corrected chi connectivity index (χ0v) is 13.6. The van der Waals surface area contributed by atoms with Gasteiger partial charge in [0.05, 0.1) is 5.88 Å². The standard InChI is InChI=1S/C18H20ClFO/c1-12-8-9-14(18(2,3)4)17(10-12)21-16-7-5-6-15(20)13(16)11-19/h5-10H,11H2,1-4H3. The Bertz CT molecular complexity index is 644. The van der Waals surface area contributed by atoms with Crippen LogP contribution in [-0.4, -0.2) is 0 Å². The second kappa shape index (κ2) is 6.07. The first-order valence-corrected chi connectivity index (χ1v) is 7.48. The molecular weight excluding hydrogens is 287 g/mol. The maximum absolute atomic E-state index is 13.8. The number of aryl methyl sites for hydroxylation is 1. The fraction of sp³-hybridized carbons (Fsp3) is 0.333. The van der Waals surface area contributed by atoms with E-state index in [-0.39, 0.29) is 17.1 Å². The highest BCUT2D eigenvalue weighted by Gasteiger charge is 2.20. The van der Waals surface area contributed by atoms with Gasteiger partial charge >= 0.3 is 0 Å². The van der Waals surface area contributed by atoms with Gasteiger partial charge in [-0.15, -0.1) is 11.6 Å². The average molecular weight is 307 g/mol. The van der Waals surface area contributed by atoms with Crippen LogP contribution in [-0.2, 0) is 11.3 Å². The van der Waals surface area contributed by atoms with E-state index in [1.165, 1.54) is 6.07 Å². The summed E-state index contributed by atoms with van der Waals surface area (Å²) in [6.45, 7) is 8.38. The van der Waals surface area contributed by atoms with Crippen LogP contribution in [0, 0.1) is 12.7 Å². The average Bonchev–Trinajstić information content (AvgIpc) is 2.37. The quantitative estimate of drug-likeness (QED) is 0.635. The van der Waals surface area contributed by atoms with E-state index in [0.29, 0.717) is 11.3 Å². The highest BCUT2D eigenvalue weighted by Crippen LogP contribution is 2.36. The molecule has 0 radical (unpaired) electrons. The minimum absolute atomic E-state index is 0.0580. The van der Waals surface area contributed by atoms with Gasteiger partial charge in [0.1, 0.15) is 17.3 Å². The van der Waals surface area contributed by atoms with Crippen LogP contribution in [0.2, 0.25) is 0 Å². The lowest BCUT2D eigenvalue weighted by Crippen LogP contribution is -2.12. The number of halogens is 2. The minimum Gasteiger partial charge on any atom is -0.457 e. The van der Waals surface area contributed by atoms with Gasteiger partial charge in [0.2, 0.25) is 0 Å². The molecule has 0 amide bonds. The van der Waals surface area contributed by atoms with Crippen molar-refractivity contribution in [3.05, 3.63) is 58.9 Å². The second-order valence-electron chi connectivity index (χ2n) is 6.20. The van der Waals surface area contributed by atoms with Crippen molar-refractivity contribution in [2.45, 2.75) is 39.0 Å². The number of hydrogen-bond acceptors (Lipinski definition) is 1. The van der Waals surface area contributed by atoms with Crippen LogP contribution in [0.25, 0.3) is 0 Å². The van der Waals surface area contributed by atoms with E-state index in [4.69, 9.17) is 16.3 Å². The molecule has 0 N–H and O–H groups in total. The highest BCUT2D eigenvalue weighted by molar-refractivity contribution is 6.17. The summed E-state index contributed by atoms with van der Waals surface area (Å²) >= 11 is 5.84. The Morgan fingerprint density at radius 2 is 1.81 bits per heavy atom. The third kappa shape index (κ3) is 3.56. The molecule has 1 nitrogen and oxygen atoms in total. The normalized spacial score (nSPS) is 11.5. The maximum Gasteiger partial charge on any atom is 0.134 e. The van der Waals surface area contributed by atoms with Gasteiger partial charge in [-0.25, -0.2) is 4.39 Å². The van der Waals surface area contributed by atoms with Crippen LogP contribution >= 0.6 is 11.6 Å². The summed E-state index contributed by atoms with van der Waals surface area (Å²) in [5.74, 6) is 0.964. The fourth-order valence-corrected chi connectivity index (χ4v) is 2.48. The van der Waals surface area contributed by atoms with Crippen LogP contribution in [0.4, 0.5) is 4.39 Å². The summed E-state index contributed by atoms with van der Waals surface area (Å²) in [5.41, 5.74) is 2.51. The molecule has 2 aromatic carbocycles. The van der Waals surface area contributed by atoms with Crippen molar-refractivity contribution in [1.29, 1.82) is 0 Å². The van der Waals surface area contributed by atoms with E-state index in [1.807, 2.05) is 13.0 Å². The Balaban J connectivity index is 2.49. The molecule has 3 heteroatoms. The van der Waals surface area contributed by atoms with Gasteiger partial charge in [0.25, 0.3) is 0 Å². The van der Waals surface area contributed by atoms with Crippen molar-refractivity contribution in [3.8, 4) is 11.5 Å². The molecule has 0 fully saturated rings. The lowest BCUT2D eigenvalue weighted by atomic mass is 9.86. The SMILES string of the molecule is Cc1ccc(C(C)(C)C)c(Oc2cccc(F)c2CCl)c1. The molecule has 0 aliphatic carbocycles. The fourth-order valence-electron chi connectivity index (χ4n) is 2.22. The summed E-state index contributed by atoms with van der Waals surface area (Å²) in [5, 5.41) is 0. The molecule has 21 heavy (non-hydrogen) atoms. The van der Waals surface area contributed by atoms with E-state index in [9.17, 15) is 4.39 Å². The predicted octanol–water partition coefficient (Wildman–Crippen LogP) is 5.96. The van der Waals surface area contributed by atoms with Gasteiger partial charge in [0, 0.05) is 11.1 Å². The number of ether oxygens (including phenoxy) is 1. The molecule has 0 spiro atoms. The van der Waals surface area contributed by atoms with E-state index in [1.54, 1.807) is 12.1 Å². The summed E-state index contributed by atoms with van der Waals surface area (Å²) in [6, 6.07) is 10.9. The Kier molecular flexibility index (Phi) is 4.58. The van der Waals surface area contributed by atoms with E-state index in [2.05, 4.69) is 32.9 Å². The van der Waals surface area contributed by atoms with Crippen molar-refractivity contribution >= 4 is 11.6 Å². The number of hydrogen-bond donors (Lipinski definition) is 0. The van der Waals surface area contributed by atoms with E-state index < -0.39 is 0 Å². The van der Waals surface area contributed by atoms with Gasteiger partial charge in [-0.1, -0.05) is 39.0 Å². The van der Waals surface area contributed by atoms with Crippen LogP contribution in [0.15, 0.2) is 36.4 Å². The van der Waals surface area contributed by atoms with Crippen molar-refractivity contribution in [2.75, 3.05) is 0 Å². The van der Waals surface area contributed by atoms with Gasteiger partial charge in [-0.05, 0) is 36.1 Å². The molecule has 2 aromatic rings. The molecule has 112 valence electrons. The molecule has 0 saturated heterocycles. The molecule has 0 aliphatic rings. The summed E-state index contributed by atoms with van der Waals surface area (Å²) < 4.78 is 19.8. The summed E-state index contributed by atoms with van der Waals surface area (Å²) in [4.78, 5) is 0. The van der Waals surface area contributed by atoms with Crippen molar-refractivity contribution < 1.29 is 9.13 Å². The number of benzene rings is 2. The maximum atomic E-state index is 13.8. The van der Waals surface area contributed by atoms with Gasteiger partial charge < -0.3 is 4.74 Å². The third-order valence-corrected chi connectivity index (χ3v) is 3.64. The topological polar surface area (TPSA) is 9.23 Å². The molecule has 0 aromatic heterocycles. The highest BCUT2D eigenvalue weighted by atomic mass is 35.5. The molecule has 0 heterocycles. The largest absolute Gasteiger partial charge is 0.457 e. The molecule has 0 atom stereocenters. The number of alkyl halides is 1. The predicted molar refractivity (Wildman–Crippen MR) is 85.9 cm³/mol. The van der Waals surface area contributed by atoms with Crippen LogP contribution < -0.4 is 4.74 Å². The van der Waals surface area contributed by atoms with E-state index >= 15 is 0 Å². The van der Waals surface area contributed by atoms with Crippen LogP contribution in [0.5, 0.6) is 11.5 Å². The summed E-state index contributed by atoms with van der Waals surface area (Å²) in [6.07, 6.45) is 0. The Morgan fingerprint density at radius 1 is 1.10 bits per heavy atom. The second-order valence-corrected chi connectivity index (χ2v) is 6.47. The molecule has 0 bridgehead atoms. The van der Waals surface area contributed by atoms with Crippen molar-refractivity contribution in [1.82, 2.24) is 0 Å². The Morgan fingerprint density at radius 3 is 2.43 bits per heavy atom. The van der Waals surface area contributed by atoms with Gasteiger partial charge in [-0.3, -0.25) is 0 Å². The zero-order valence-electron chi connectivity index (χ0n) is 12.8. The van der Waals surface area contributed by atoms with Gasteiger partial charge in [-0.2, -0.15) is 0 Å². The Labute approximate surface area is 130 Å². The summed E-state index contributed by atoms with van der Waals surface area (Å²) in [7, 11) is 0. The van der Waals surface area contributed by atoms with Crippen molar-refractivity contribution in [3.63, 3.8) is 0 Å². The molecule has 0 saturated carbocycles. The van der Waals surface area contributed by atoms with Gasteiger partial charge in [0.15, 0.2) is 0 Å². The third-order valence-electron chi connectivity index (χ3n) is 3.37. The van der Waals surface area contributed by atoms with E-state index in [0.717, 1.165) is 16.9 Å². The minimum atomic E-state index is -0.340. The van der Waals surface area contributed by atoms with Crippen molar-refractivity contribution in [2.24, 2.45) is 0 Å². The first kappa shape index (κ1) is 15.8. The molecule has 0 unspecified atom stereocenters.